The quantitative estimate of drug-likeness (QED) is 0.320. The fourth-order valence-corrected chi connectivity index (χ4v) is 5.38. The summed E-state index contributed by atoms with van der Waals surface area (Å²) in [5.74, 6) is -2.81. The molecule has 1 saturated carbocycles. The average molecular weight is 471 g/mol. The summed E-state index contributed by atoms with van der Waals surface area (Å²) in [6, 6.07) is -1.16. The largest absolute Gasteiger partial charge is 0.490 e. The Morgan fingerprint density at radius 2 is 1.82 bits per heavy atom. The van der Waals surface area contributed by atoms with Gasteiger partial charge in [0.2, 0.25) is 0 Å². The highest BCUT2D eigenvalue weighted by Gasteiger charge is 2.46. The van der Waals surface area contributed by atoms with Gasteiger partial charge in [-0.2, -0.15) is 13.6 Å². The standard InChI is InChI=1S/C9H14F2N3O11P3/c10-5-2-14(9(15)13-8(5)12)6-1-4(7(6)11)3-23-27(19,20)25-28(21,22)24-26(16,17)18/h2,4,6-7H,1,3H2,(H,19,20)(H,21,22)(H2,12,13,15)(H2,16,17,18)/t4-,6-,7-/m0/s1. The van der Waals surface area contributed by atoms with E-state index in [1.54, 1.807) is 0 Å². The number of nitrogens with zero attached hydrogens (tertiary/aromatic N) is 2. The molecule has 0 radical (unpaired) electrons. The van der Waals surface area contributed by atoms with E-state index in [0.717, 1.165) is 0 Å². The predicted octanol–water partition coefficient (Wildman–Crippen LogP) is 0.207. The molecule has 28 heavy (non-hydrogen) atoms. The lowest BCUT2D eigenvalue weighted by molar-refractivity contribution is -0.000795. The third-order valence-electron chi connectivity index (χ3n) is 3.52. The molecule has 19 heteroatoms. The van der Waals surface area contributed by atoms with Crippen LogP contribution in [0.15, 0.2) is 11.0 Å². The Kier molecular flexibility index (Phi) is 6.63. The molecule has 0 bridgehead atoms. The van der Waals surface area contributed by atoms with Gasteiger partial charge in [0.1, 0.15) is 6.17 Å². The molecule has 160 valence electrons. The van der Waals surface area contributed by atoms with Crippen molar-refractivity contribution in [1.82, 2.24) is 9.55 Å². The Labute approximate surface area is 154 Å². The molecule has 0 saturated heterocycles. The lowest BCUT2D eigenvalue weighted by atomic mass is 9.78. The first-order valence-electron chi connectivity index (χ1n) is 7.07. The van der Waals surface area contributed by atoms with E-state index in [0.29, 0.717) is 10.8 Å². The van der Waals surface area contributed by atoms with Crippen LogP contribution in [-0.2, 0) is 26.8 Å². The van der Waals surface area contributed by atoms with Gasteiger partial charge in [0, 0.05) is 12.1 Å². The Balaban J connectivity index is 1.95. The number of halogens is 2. The summed E-state index contributed by atoms with van der Waals surface area (Å²) in [5, 5.41) is 0. The second-order valence-corrected chi connectivity index (χ2v) is 9.98. The first-order chi connectivity index (χ1) is 12.6. The number of hydrogen-bond acceptors (Lipinski definition) is 9. The molecular weight excluding hydrogens is 457 g/mol. The van der Waals surface area contributed by atoms with E-state index < -0.39 is 65.5 Å². The molecule has 1 fully saturated rings. The van der Waals surface area contributed by atoms with Crippen molar-refractivity contribution in [2.45, 2.75) is 18.6 Å². The molecule has 1 heterocycles. The number of rotatable bonds is 8. The fraction of sp³-hybridized carbons (Fsp3) is 0.556. The number of nitrogens with two attached hydrogens (primary N) is 1. The Morgan fingerprint density at radius 3 is 2.36 bits per heavy atom. The summed E-state index contributed by atoms with van der Waals surface area (Å²) in [6.45, 7) is -0.846. The van der Waals surface area contributed by atoms with Crippen molar-refractivity contribution in [2.24, 2.45) is 5.92 Å². The Morgan fingerprint density at radius 1 is 1.21 bits per heavy atom. The van der Waals surface area contributed by atoms with E-state index in [2.05, 4.69) is 18.1 Å². The summed E-state index contributed by atoms with van der Waals surface area (Å²) in [4.78, 5) is 49.9. The van der Waals surface area contributed by atoms with Crippen molar-refractivity contribution >= 4 is 29.3 Å². The third kappa shape index (κ3) is 5.97. The van der Waals surface area contributed by atoms with Crippen LogP contribution in [0.5, 0.6) is 0 Å². The molecule has 1 aromatic heterocycles. The maximum atomic E-state index is 14.2. The fourth-order valence-electron chi connectivity index (χ4n) is 2.30. The van der Waals surface area contributed by atoms with Crippen molar-refractivity contribution in [3.63, 3.8) is 0 Å². The molecule has 14 nitrogen and oxygen atoms in total. The van der Waals surface area contributed by atoms with Gasteiger partial charge in [-0.15, -0.1) is 0 Å². The second-order valence-electron chi connectivity index (χ2n) is 5.56. The summed E-state index contributed by atoms with van der Waals surface area (Å²) < 4.78 is 72.7. The minimum absolute atomic E-state index is 0.165. The lowest BCUT2D eigenvalue weighted by Gasteiger charge is -2.39. The summed E-state index contributed by atoms with van der Waals surface area (Å²) in [7, 11) is -16.6. The number of phosphoric ester groups is 1. The number of nitrogen functional groups attached to an aromatic ring is 1. The van der Waals surface area contributed by atoms with E-state index in [4.69, 9.17) is 20.4 Å². The lowest BCUT2D eigenvalue weighted by Crippen LogP contribution is -2.46. The second kappa shape index (κ2) is 8.00. The van der Waals surface area contributed by atoms with E-state index in [1.807, 2.05) is 0 Å². The van der Waals surface area contributed by atoms with Crippen molar-refractivity contribution in [1.29, 1.82) is 0 Å². The number of phosphoric acid groups is 3. The van der Waals surface area contributed by atoms with Gasteiger partial charge in [0.05, 0.1) is 12.6 Å². The molecule has 5 atom stereocenters. The normalized spacial score (nSPS) is 26.9. The van der Waals surface area contributed by atoms with E-state index in [1.165, 1.54) is 0 Å². The number of hydrogen-bond donors (Lipinski definition) is 5. The smallest absolute Gasteiger partial charge is 0.381 e. The highest BCUT2D eigenvalue weighted by molar-refractivity contribution is 7.66. The van der Waals surface area contributed by atoms with Gasteiger partial charge in [-0.05, 0) is 6.42 Å². The molecule has 0 aliphatic heterocycles. The molecule has 0 spiro atoms. The van der Waals surface area contributed by atoms with Crippen LogP contribution < -0.4 is 11.4 Å². The summed E-state index contributed by atoms with van der Waals surface area (Å²) >= 11 is 0. The molecule has 1 aliphatic rings. The molecule has 2 unspecified atom stereocenters. The van der Waals surface area contributed by atoms with Crippen molar-refractivity contribution < 1.29 is 55.2 Å². The Hall–Kier alpha value is -1.05. The zero-order chi connectivity index (χ0) is 21.5. The minimum atomic E-state index is -5.68. The van der Waals surface area contributed by atoms with Gasteiger partial charge in [-0.3, -0.25) is 9.09 Å². The summed E-state index contributed by atoms with van der Waals surface area (Å²) in [6.07, 6.45) is -1.36. The van der Waals surface area contributed by atoms with Crippen LogP contribution in [0.4, 0.5) is 14.6 Å². The van der Waals surface area contributed by atoms with Gasteiger partial charge < -0.3 is 25.3 Å². The first-order valence-corrected chi connectivity index (χ1v) is 11.6. The maximum Gasteiger partial charge on any atom is 0.490 e. The topological polar surface area (TPSA) is 221 Å². The molecule has 2 rings (SSSR count). The van der Waals surface area contributed by atoms with E-state index in [9.17, 15) is 32.2 Å². The first kappa shape index (κ1) is 23.2. The molecule has 6 N–H and O–H groups in total. The zero-order valence-corrected chi connectivity index (χ0v) is 16.1. The Bertz CT molecular complexity index is 951. The summed E-state index contributed by atoms with van der Waals surface area (Å²) in [5.41, 5.74) is 4.09. The number of alkyl halides is 1. The molecular formula is C9H14F2N3O11P3. The van der Waals surface area contributed by atoms with Crippen LogP contribution in [0, 0.1) is 11.7 Å². The molecule has 0 amide bonds. The van der Waals surface area contributed by atoms with Crippen LogP contribution in [0.3, 0.4) is 0 Å². The SMILES string of the molecule is Nc1nc(=O)n([C@H]2C[C@@H](COP(=O)(O)OP(=O)(O)OP(=O)(O)O)[C@@H]2F)cc1F. The average Bonchev–Trinajstić information content (AvgIpc) is 2.46. The monoisotopic (exact) mass is 471 g/mol. The van der Waals surface area contributed by atoms with Gasteiger partial charge in [0.15, 0.2) is 11.6 Å². The predicted molar refractivity (Wildman–Crippen MR) is 84.7 cm³/mol. The van der Waals surface area contributed by atoms with E-state index >= 15 is 0 Å². The van der Waals surface area contributed by atoms with Crippen LogP contribution in [0.25, 0.3) is 0 Å². The highest BCUT2D eigenvalue weighted by Crippen LogP contribution is 2.66. The van der Waals surface area contributed by atoms with Gasteiger partial charge in [-0.25, -0.2) is 27.3 Å². The maximum absolute atomic E-state index is 14.2. The van der Waals surface area contributed by atoms with Crippen LogP contribution in [-0.4, -0.2) is 41.9 Å². The molecule has 0 aromatic carbocycles. The van der Waals surface area contributed by atoms with E-state index in [-0.39, 0.29) is 6.42 Å². The van der Waals surface area contributed by atoms with Crippen LogP contribution in [0.1, 0.15) is 12.5 Å². The van der Waals surface area contributed by atoms with Crippen LogP contribution in [0.2, 0.25) is 0 Å². The molecule has 1 aromatic rings. The third-order valence-corrected chi connectivity index (χ3v) is 7.32. The van der Waals surface area contributed by atoms with Crippen molar-refractivity contribution in [2.75, 3.05) is 12.3 Å². The number of anilines is 1. The van der Waals surface area contributed by atoms with Crippen molar-refractivity contribution in [3.05, 3.63) is 22.5 Å². The number of aromatic nitrogens is 2. The minimum Gasteiger partial charge on any atom is -0.381 e. The van der Waals surface area contributed by atoms with Crippen LogP contribution >= 0.6 is 23.5 Å². The molecule has 1 aliphatic carbocycles. The van der Waals surface area contributed by atoms with Crippen molar-refractivity contribution in [3.8, 4) is 0 Å². The van der Waals surface area contributed by atoms with Gasteiger partial charge in [-0.1, -0.05) is 0 Å². The zero-order valence-electron chi connectivity index (χ0n) is 13.4. The van der Waals surface area contributed by atoms with Gasteiger partial charge >= 0.3 is 29.2 Å². The van der Waals surface area contributed by atoms with Gasteiger partial charge in [0.25, 0.3) is 0 Å². The highest BCUT2D eigenvalue weighted by atomic mass is 31.3.